The zero-order valence-electron chi connectivity index (χ0n) is 26.1. The molecule has 0 saturated carbocycles. The van der Waals surface area contributed by atoms with Crippen molar-refractivity contribution in [2.75, 3.05) is 16.8 Å². The summed E-state index contributed by atoms with van der Waals surface area (Å²) in [4.78, 5) is 39.8. The Morgan fingerprint density at radius 1 is 0.720 bits per heavy atom. The van der Waals surface area contributed by atoms with Gasteiger partial charge in [-0.25, -0.2) is 9.97 Å². The number of fused-ring (bicyclic) bond motifs is 4. The topological polar surface area (TPSA) is 84.3 Å². The van der Waals surface area contributed by atoms with Gasteiger partial charge in [0.05, 0.1) is 37.6 Å². The number of nitrogens with one attached hydrogen (secondary N) is 1. The van der Waals surface area contributed by atoms with E-state index in [0.717, 1.165) is 44.8 Å². The minimum absolute atomic E-state index is 0.0556. The van der Waals surface area contributed by atoms with Crippen molar-refractivity contribution in [1.29, 1.82) is 0 Å². The number of hydrogen-bond donors (Lipinski definition) is 1. The summed E-state index contributed by atoms with van der Waals surface area (Å²) in [5, 5.41) is 7.71. The van der Waals surface area contributed by atoms with Gasteiger partial charge in [0.1, 0.15) is 0 Å². The van der Waals surface area contributed by atoms with Gasteiger partial charge in [-0.3, -0.25) is 14.6 Å². The lowest BCUT2D eigenvalue weighted by Gasteiger charge is -2.07. The summed E-state index contributed by atoms with van der Waals surface area (Å²) in [6.07, 6.45) is 1.96. The Kier molecular flexibility index (Phi) is 9.48. The van der Waals surface area contributed by atoms with Crippen LogP contribution in [-0.2, 0) is 4.79 Å². The molecule has 0 atom stereocenters. The number of thiazole rings is 2. The van der Waals surface area contributed by atoms with E-state index in [4.69, 9.17) is 9.98 Å². The average Bonchev–Trinajstić information content (AvgIpc) is 3.74. The lowest BCUT2D eigenvalue weighted by atomic mass is 9.97. The Hall–Kier alpha value is -4.39. The van der Waals surface area contributed by atoms with E-state index in [2.05, 4.69) is 86.9 Å². The normalized spacial score (nSPS) is 11.7. The van der Waals surface area contributed by atoms with E-state index in [1.165, 1.54) is 56.4 Å². The summed E-state index contributed by atoms with van der Waals surface area (Å²) in [5.74, 6) is 0.491. The predicted molar refractivity (Wildman–Crippen MR) is 216 cm³/mol. The van der Waals surface area contributed by atoms with Crippen LogP contribution in [0, 0.1) is 0 Å². The molecule has 0 spiro atoms. The number of hydrogen-bond acceptors (Lipinski definition) is 9. The van der Waals surface area contributed by atoms with Crippen LogP contribution < -0.4 is 5.32 Å². The van der Waals surface area contributed by atoms with Crippen molar-refractivity contribution < 1.29 is 9.59 Å². The zero-order valence-corrected chi connectivity index (χ0v) is 31.0. The fraction of sp³-hybridized carbons (Fsp3) is 0.0513. The van der Waals surface area contributed by atoms with E-state index < -0.39 is 0 Å². The van der Waals surface area contributed by atoms with Crippen molar-refractivity contribution in [1.82, 2.24) is 9.97 Å². The third kappa shape index (κ3) is 7.24. The number of thioether (sulfide) groups is 2. The van der Waals surface area contributed by atoms with Crippen molar-refractivity contribution in [2.24, 2.45) is 4.99 Å². The summed E-state index contributed by atoms with van der Waals surface area (Å²) >= 11 is 9.31. The van der Waals surface area contributed by atoms with E-state index in [-0.39, 0.29) is 17.4 Å². The van der Waals surface area contributed by atoms with E-state index in [0.29, 0.717) is 17.0 Å². The van der Waals surface area contributed by atoms with Crippen molar-refractivity contribution in [3.05, 3.63) is 131 Å². The second kappa shape index (κ2) is 14.5. The maximum Gasteiger partial charge on any atom is 0.234 e. The van der Waals surface area contributed by atoms with Gasteiger partial charge >= 0.3 is 0 Å². The number of aromatic nitrogens is 2. The average molecular weight is 790 g/mol. The molecule has 0 aliphatic rings. The first-order valence-electron chi connectivity index (χ1n) is 15.6. The maximum absolute atomic E-state index is 12.9. The largest absolute Gasteiger partial charge is 0.325 e. The van der Waals surface area contributed by atoms with Crippen molar-refractivity contribution >= 4 is 133 Å². The summed E-state index contributed by atoms with van der Waals surface area (Å²) in [6.45, 7) is 0. The Balaban J connectivity index is 0.902. The lowest BCUT2D eigenvalue weighted by molar-refractivity contribution is -0.113. The van der Waals surface area contributed by atoms with Gasteiger partial charge in [-0.05, 0) is 76.1 Å². The number of carbonyl (C=O) groups is 2. The molecular formula is C39H25BrN4O2S4. The van der Waals surface area contributed by atoms with Crippen LogP contribution in [0.15, 0.2) is 133 Å². The Bertz CT molecular complexity index is 2540. The molecule has 50 heavy (non-hydrogen) atoms. The van der Waals surface area contributed by atoms with Crippen LogP contribution in [0.3, 0.4) is 0 Å². The molecule has 0 fully saturated rings. The number of halogens is 1. The highest BCUT2D eigenvalue weighted by Crippen LogP contribution is 2.34. The number of aliphatic imine (C=N–C) groups is 1. The summed E-state index contributed by atoms with van der Waals surface area (Å²) < 4.78 is 4.55. The predicted octanol–water partition coefficient (Wildman–Crippen LogP) is 11.4. The molecule has 11 heteroatoms. The fourth-order valence-corrected chi connectivity index (χ4v) is 9.74. The number of carbonyl (C=O) groups excluding carboxylic acids is 2. The number of amides is 1. The molecule has 8 aromatic rings. The van der Waals surface area contributed by atoms with Crippen LogP contribution in [0.4, 0.5) is 11.4 Å². The molecule has 0 unspecified atom stereocenters. The van der Waals surface area contributed by atoms with Crippen LogP contribution >= 0.6 is 62.1 Å². The smallest absolute Gasteiger partial charge is 0.234 e. The Morgan fingerprint density at radius 3 is 2.04 bits per heavy atom. The van der Waals surface area contributed by atoms with E-state index >= 15 is 0 Å². The SMILES string of the molecule is O=C(CSc1nc2ccc(N=Cc3c4ccccc4cc4ccccc34)cc2s1)Nc1ccc2nc(SCC(=O)c3ccc(Br)cc3)sc2c1. The molecule has 0 saturated heterocycles. The van der Waals surface area contributed by atoms with Gasteiger partial charge in [-0.1, -0.05) is 100 Å². The quantitative estimate of drug-likeness (QED) is 0.0643. The standard InChI is InChI=1S/C39H25BrN4O2S4/c40-26-11-9-23(10-12-26)34(45)21-47-38-43-33-16-14-28(19-36(33)50-38)42-37(46)22-48-39-44-32-15-13-27(18-35(32)49-39)41-20-31-29-7-3-1-5-24(29)17-25-6-2-4-8-30(25)31/h1-20H,21-22H2,(H,42,46). The highest BCUT2D eigenvalue weighted by molar-refractivity contribution is 9.10. The Labute approximate surface area is 312 Å². The molecule has 2 heterocycles. The molecular weight excluding hydrogens is 765 g/mol. The first-order valence-corrected chi connectivity index (χ1v) is 19.9. The maximum atomic E-state index is 12.9. The first kappa shape index (κ1) is 32.8. The Morgan fingerprint density at radius 2 is 1.34 bits per heavy atom. The van der Waals surface area contributed by atoms with Crippen molar-refractivity contribution in [3.8, 4) is 0 Å². The molecule has 6 aromatic carbocycles. The second-order valence-corrected chi connectivity index (χ2v) is 16.8. The molecule has 1 N–H and O–H groups in total. The van der Waals surface area contributed by atoms with Crippen LogP contribution in [0.1, 0.15) is 15.9 Å². The molecule has 2 aromatic heterocycles. The molecule has 1 amide bonds. The van der Waals surface area contributed by atoms with Crippen LogP contribution in [0.5, 0.6) is 0 Å². The van der Waals surface area contributed by atoms with Crippen molar-refractivity contribution in [2.45, 2.75) is 8.68 Å². The molecule has 0 aliphatic carbocycles. The summed E-state index contributed by atoms with van der Waals surface area (Å²) in [6, 6.07) is 38.1. The fourth-order valence-electron chi connectivity index (χ4n) is 5.58. The number of ketones is 1. The third-order valence-corrected chi connectivity index (χ3v) is 12.8. The van der Waals surface area contributed by atoms with Crippen molar-refractivity contribution in [3.63, 3.8) is 0 Å². The monoisotopic (exact) mass is 788 g/mol. The van der Waals surface area contributed by atoms with Crippen LogP contribution in [0.25, 0.3) is 42.0 Å². The zero-order chi connectivity index (χ0) is 34.0. The highest BCUT2D eigenvalue weighted by Gasteiger charge is 2.13. The van der Waals surface area contributed by atoms with Gasteiger partial charge in [0, 0.05) is 27.5 Å². The molecule has 244 valence electrons. The minimum Gasteiger partial charge on any atom is -0.325 e. The van der Waals surface area contributed by atoms with Crippen LogP contribution in [0.2, 0.25) is 0 Å². The van der Waals surface area contributed by atoms with E-state index in [9.17, 15) is 9.59 Å². The summed E-state index contributed by atoms with van der Waals surface area (Å²) in [5.41, 5.74) is 5.06. The molecule has 6 nitrogen and oxygen atoms in total. The van der Waals surface area contributed by atoms with Gasteiger partial charge in [0.15, 0.2) is 14.5 Å². The number of benzene rings is 6. The third-order valence-electron chi connectivity index (χ3n) is 7.98. The van der Waals surface area contributed by atoms with Gasteiger partial charge in [0.2, 0.25) is 5.91 Å². The number of rotatable bonds is 10. The first-order chi connectivity index (χ1) is 24.4. The summed E-state index contributed by atoms with van der Waals surface area (Å²) in [7, 11) is 0. The molecule has 0 radical (unpaired) electrons. The van der Waals surface area contributed by atoms with Gasteiger partial charge in [-0.15, -0.1) is 22.7 Å². The number of Topliss-reactive ketones (excluding diaryl/α,β-unsaturated/α-hetero) is 1. The second-order valence-electron chi connectivity index (χ2n) is 11.3. The van der Waals surface area contributed by atoms with E-state index in [1.54, 1.807) is 11.3 Å². The highest BCUT2D eigenvalue weighted by atomic mass is 79.9. The van der Waals surface area contributed by atoms with Gasteiger partial charge < -0.3 is 5.32 Å². The number of nitrogens with zero attached hydrogens (tertiary/aromatic N) is 3. The minimum atomic E-state index is -0.111. The molecule has 0 aliphatic heterocycles. The van der Waals surface area contributed by atoms with E-state index in [1.807, 2.05) is 60.8 Å². The van der Waals surface area contributed by atoms with Crippen LogP contribution in [-0.4, -0.2) is 39.4 Å². The number of anilines is 1. The molecule has 0 bridgehead atoms. The van der Waals surface area contributed by atoms with Gasteiger partial charge in [0.25, 0.3) is 0 Å². The lowest BCUT2D eigenvalue weighted by Crippen LogP contribution is -2.13. The molecule has 8 rings (SSSR count). The van der Waals surface area contributed by atoms with Gasteiger partial charge in [-0.2, -0.15) is 0 Å².